The van der Waals surface area contributed by atoms with Gasteiger partial charge in [0.25, 0.3) is 0 Å². The first-order chi connectivity index (χ1) is 26.9. The minimum Gasteiger partial charge on any atom is -0.481 e. The normalized spacial score (nSPS) is 40.5. The van der Waals surface area contributed by atoms with Crippen LogP contribution >= 0.6 is 10.6 Å². The predicted molar refractivity (Wildman–Crippen MR) is 233 cm³/mol. The van der Waals surface area contributed by atoms with Gasteiger partial charge in [0.1, 0.15) is 6.67 Å². The van der Waals surface area contributed by atoms with Crippen molar-refractivity contribution >= 4 is 22.1 Å². The third kappa shape index (κ3) is 6.42. The first-order valence-corrected chi connectivity index (χ1v) is 24.2. The summed E-state index contributed by atoms with van der Waals surface area (Å²) in [6.45, 7) is 20.2. The number of alkyl halides is 1. The Kier molecular flexibility index (Phi) is 10.5. The van der Waals surface area contributed by atoms with Gasteiger partial charge in [0.2, 0.25) is 0 Å². The highest BCUT2D eigenvalue weighted by atomic mass is 32.3. The van der Waals surface area contributed by atoms with Crippen molar-refractivity contribution in [1.82, 2.24) is 10.2 Å². The van der Waals surface area contributed by atoms with Crippen LogP contribution in [0.1, 0.15) is 118 Å². The third-order valence-corrected chi connectivity index (χ3v) is 19.6. The van der Waals surface area contributed by atoms with Gasteiger partial charge in [0.05, 0.1) is 22.5 Å². The number of hydrogen-bond acceptors (Lipinski definition) is 5. The molecular formula is C49H71FN2O4S. The zero-order valence-electron chi connectivity index (χ0n) is 35.9. The number of carboxylic acids is 1. The second kappa shape index (κ2) is 14.5. The molecule has 0 bridgehead atoms. The number of carbonyl (C=O) groups is 1. The monoisotopic (exact) mass is 803 g/mol. The summed E-state index contributed by atoms with van der Waals surface area (Å²) in [4.78, 5) is 14.5. The molecule has 314 valence electrons. The lowest BCUT2D eigenvalue weighted by atomic mass is 9.33. The van der Waals surface area contributed by atoms with E-state index >= 15 is 0 Å². The summed E-state index contributed by atoms with van der Waals surface area (Å²) in [5, 5.41) is 14.1. The van der Waals surface area contributed by atoms with Crippen LogP contribution < -0.4 is 5.32 Å². The Labute approximate surface area is 344 Å². The number of nitrogens with zero attached hydrogens (tertiary/aromatic N) is 1. The summed E-state index contributed by atoms with van der Waals surface area (Å²) in [6.07, 6.45) is 16.7. The highest BCUT2D eigenvalue weighted by molar-refractivity contribution is 8.24. The van der Waals surface area contributed by atoms with Crippen molar-refractivity contribution < 1.29 is 23.4 Å². The van der Waals surface area contributed by atoms with E-state index in [1.165, 1.54) is 54.4 Å². The van der Waals surface area contributed by atoms with Crippen LogP contribution in [0.5, 0.6) is 0 Å². The summed E-state index contributed by atoms with van der Waals surface area (Å²) in [6, 6.07) is 11.1. The molecule has 8 rings (SSSR count). The van der Waals surface area contributed by atoms with Crippen LogP contribution in [0.3, 0.4) is 0 Å². The van der Waals surface area contributed by atoms with Crippen LogP contribution in [0.4, 0.5) is 4.39 Å². The van der Waals surface area contributed by atoms with E-state index in [0.717, 1.165) is 39.0 Å². The summed E-state index contributed by atoms with van der Waals surface area (Å²) in [7, 11) is -2.42. The van der Waals surface area contributed by atoms with Gasteiger partial charge in [-0.1, -0.05) is 97.0 Å². The molecule has 1 aliphatic heterocycles. The van der Waals surface area contributed by atoms with Crippen LogP contribution in [0.15, 0.2) is 70.9 Å². The van der Waals surface area contributed by atoms with Crippen LogP contribution in [-0.2, 0) is 4.79 Å². The Morgan fingerprint density at radius 1 is 0.912 bits per heavy atom. The maximum Gasteiger partial charge on any atom is 0.312 e. The molecule has 1 heterocycles. The lowest BCUT2D eigenvalue weighted by Crippen LogP contribution is -2.66. The number of aliphatic carboxylic acids is 1. The van der Waals surface area contributed by atoms with Crippen molar-refractivity contribution in [1.29, 1.82) is 0 Å². The second-order valence-electron chi connectivity index (χ2n) is 21.2. The maximum atomic E-state index is 14.1. The SMILES string of the molecule is CC(C)C1=C2[C@H]3CC[C@@H]4[C@@]5(C)CC=C(C6=CC[C@](CF)(C(=O)O)CC6)C(C)(C)[C@@H]5CC[C@@]4(C)[C@]3(C)CC[C@@]2(NCCN2CCS(O)(O)CC2)C=C1c1ccccc1. The smallest absolute Gasteiger partial charge is 0.312 e. The van der Waals surface area contributed by atoms with E-state index < -0.39 is 28.6 Å². The van der Waals surface area contributed by atoms with Crippen molar-refractivity contribution in [3.8, 4) is 0 Å². The van der Waals surface area contributed by atoms with E-state index in [9.17, 15) is 23.4 Å². The highest BCUT2D eigenvalue weighted by Crippen LogP contribution is 2.76. The van der Waals surface area contributed by atoms with Crippen molar-refractivity contribution in [3.63, 3.8) is 0 Å². The second-order valence-corrected chi connectivity index (χ2v) is 23.6. The summed E-state index contributed by atoms with van der Waals surface area (Å²) in [5.41, 5.74) is 7.64. The van der Waals surface area contributed by atoms with Gasteiger partial charge in [-0.05, 0) is 143 Å². The molecule has 0 radical (unpaired) electrons. The van der Waals surface area contributed by atoms with Gasteiger partial charge in [0, 0.05) is 26.2 Å². The molecule has 0 amide bonds. The lowest BCUT2D eigenvalue weighted by molar-refractivity contribution is -0.195. The number of halogens is 1. The molecule has 7 aliphatic rings. The lowest BCUT2D eigenvalue weighted by Gasteiger charge is -2.71. The number of hydrogen-bond donors (Lipinski definition) is 4. The highest BCUT2D eigenvalue weighted by Gasteiger charge is 2.69. The Hall–Kier alpha value is -2.23. The van der Waals surface area contributed by atoms with E-state index in [1.807, 2.05) is 0 Å². The van der Waals surface area contributed by atoms with Gasteiger partial charge in [-0.25, -0.2) is 4.39 Å². The first kappa shape index (κ1) is 41.5. The molecule has 6 aliphatic carbocycles. The summed E-state index contributed by atoms with van der Waals surface area (Å²) in [5.74, 6) is 1.98. The summed E-state index contributed by atoms with van der Waals surface area (Å²) < 4.78 is 34.6. The topological polar surface area (TPSA) is 93.0 Å². The van der Waals surface area contributed by atoms with Crippen LogP contribution in [0.25, 0.3) is 5.57 Å². The average molecular weight is 803 g/mol. The van der Waals surface area contributed by atoms with E-state index in [4.69, 9.17) is 0 Å². The molecule has 1 aromatic rings. The third-order valence-electron chi connectivity index (χ3n) is 17.9. The number of nitrogens with one attached hydrogen (secondary N) is 1. The zero-order valence-corrected chi connectivity index (χ0v) is 36.7. The van der Waals surface area contributed by atoms with Crippen LogP contribution in [0.2, 0.25) is 0 Å². The van der Waals surface area contributed by atoms with Gasteiger partial charge < -0.3 is 10.4 Å². The number of fused-ring (bicyclic) bond motifs is 7. The molecule has 1 aromatic carbocycles. The molecule has 1 saturated heterocycles. The number of benzene rings is 1. The molecule has 6 nitrogen and oxygen atoms in total. The molecule has 0 aromatic heterocycles. The maximum absolute atomic E-state index is 14.1. The Bertz CT molecular complexity index is 1880. The molecule has 57 heavy (non-hydrogen) atoms. The minimum atomic E-state index is -2.42. The molecule has 4 N–H and O–H groups in total. The van der Waals surface area contributed by atoms with Crippen molar-refractivity contribution in [2.45, 2.75) is 118 Å². The zero-order chi connectivity index (χ0) is 40.8. The van der Waals surface area contributed by atoms with Crippen LogP contribution in [-0.4, -0.2) is 75.0 Å². The van der Waals surface area contributed by atoms with Gasteiger partial charge >= 0.3 is 5.97 Å². The van der Waals surface area contributed by atoms with Crippen molar-refractivity contribution in [2.24, 2.45) is 50.7 Å². The number of allylic oxidation sites excluding steroid dienone is 6. The van der Waals surface area contributed by atoms with Gasteiger partial charge in [-0.3, -0.25) is 18.8 Å². The van der Waals surface area contributed by atoms with Gasteiger partial charge in [0.15, 0.2) is 0 Å². The van der Waals surface area contributed by atoms with Gasteiger partial charge in [-0.2, -0.15) is 10.6 Å². The number of rotatable bonds is 9. The van der Waals surface area contributed by atoms with E-state index in [2.05, 4.69) is 107 Å². The van der Waals surface area contributed by atoms with E-state index in [-0.39, 0.29) is 33.6 Å². The predicted octanol–water partition coefficient (Wildman–Crippen LogP) is 11.2. The first-order valence-electron chi connectivity index (χ1n) is 22.3. The number of carboxylic acid groups (broad SMARTS) is 1. The molecule has 3 saturated carbocycles. The standard InChI is InChI=1S/C49H71FN2O4S/c1-33(2)41-36(34-11-9-8-10-12-34)31-49(51-25-26-52-27-29-57(55,56)30-28-52)24-23-46(6)38(42(41)49)13-14-40-45(5)19-17-37(44(3,4)39(45)18-20-47(40,46)7)35-15-21-48(32-50,22-16-35)43(53)54/h8-12,15,17,31,33,38-40,51,55-56H,13-14,16,18-30,32H2,1-7H3,(H,53,54)/t38-,39+,40-,45+,46-,47-,48+,49-/m1/s1. The molecule has 4 fully saturated rings. The van der Waals surface area contributed by atoms with Crippen LogP contribution in [0, 0.1) is 50.7 Å². The fraction of sp³-hybridized carbons (Fsp3) is 0.694. The Morgan fingerprint density at radius 2 is 1.63 bits per heavy atom. The van der Waals surface area contributed by atoms with E-state index in [1.54, 1.807) is 11.1 Å². The Balaban J connectivity index is 1.12. The molecule has 0 spiro atoms. The quantitative estimate of drug-likeness (QED) is 0.199. The molecule has 8 heteroatoms. The largest absolute Gasteiger partial charge is 0.481 e. The minimum absolute atomic E-state index is 0.0404. The summed E-state index contributed by atoms with van der Waals surface area (Å²) >= 11 is 0. The fourth-order valence-corrected chi connectivity index (χ4v) is 15.9. The van der Waals surface area contributed by atoms with E-state index in [0.29, 0.717) is 48.0 Å². The molecule has 8 atom stereocenters. The van der Waals surface area contributed by atoms with Gasteiger partial charge in [-0.15, -0.1) is 0 Å². The fourth-order valence-electron chi connectivity index (χ4n) is 14.6. The average Bonchev–Trinajstić information content (AvgIpc) is 3.52. The van der Waals surface area contributed by atoms with Crippen molar-refractivity contribution in [3.05, 3.63) is 76.4 Å². The van der Waals surface area contributed by atoms with Crippen molar-refractivity contribution in [2.75, 3.05) is 44.4 Å². The molecule has 0 unspecified atom stereocenters. The Morgan fingerprint density at radius 3 is 2.26 bits per heavy atom. The molecular weight excluding hydrogens is 732 g/mol.